The van der Waals surface area contributed by atoms with Gasteiger partial charge in [0.15, 0.2) is 0 Å². The normalized spacial score (nSPS) is 43.3. The molecule has 4 fully saturated rings. The summed E-state index contributed by atoms with van der Waals surface area (Å²) in [6.45, 7) is 10.2. The van der Waals surface area contributed by atoms with Crippen molar-refractivity contribution in [2.45, 2.75) is 117 Å². The number of hydrogen-bond donors (Lipinski definition) is 1. The summed E-state index contributed by atoms with van der Waals surface area (Å²) in [5.41, 5.74) is -0.510. The lowest BCUT2D eigenvalue weighted by molar-refractivity contribution is -0.161. The van der Waals surface area contributed by atoms with E-state index in [0.717, 1.165) is 64.3 Å². The van der Waals surface area contributed by atoms with Gasteiger partial charge < -0.3 is 10.0 Å². The first kappa shape index (κ1) is 24.2. The van der Waals surface area contributed by atoms with Gasteiger partial charge in [0.1, 0.15) is 5.78 Å². The van der Waals surface area contributed by atoms with Crippen molar-refractivity contribution in [2.24, 2.45) is 34.5 Å². The Morgan fingerprint density at radius 3 is 2.53 bits per heavy atom. The highest BCUT2D eigenvalue weighted by atomic mass is 16.3. The molecule has 4 aliphatic carbocycles. The molecule has 1 amide bonds. The quantitative estimate of drug-likeness (QED) is 0.507. The Balaban J connectivity index is 1.46. The maximum absolute atomic E-state index is 12.7. The average molecular weight is 446 g/mol. The van der Waals surface area contributed by atoms with Gasteiger partial charge in [-0.3, -0.25) is 9.59 Å². The van der Waals surface area contributed by atoms with E-state index >= 15 is 0 Å². The lowest BCUT2D eigenvalue weighted by Gasteiger charge is -2.61. The molecule has 0 aromatic heterocycles. The third-order valence-electron chi connectivity index (χ3n) is 10.7. The van der Waals surface area contributed by atoms with E-state index in [1.54, 1.807) is 0 Å². The van der Waals surface area contributed by atoms with Crippen molar-refractivity contribution in [1.29, 1.82) is 0 Å². The minimum Gasteiger partial charge on any atom is -0.388 e. The number of carbonyl (C=O) groups excluding carboxylic acids is 2. The van der Waals surface area contributed by atoms with Crippen molar-refractivity contribution < 1.29 is 14.7 Å². The van der Waals surface area contributed by atoms with Crippen molar-refractivity contribution in [2.75, 3.05) is 13.1 Å². The molecule has 182 valence electrons. The molecule has 32 heavy (non-hydrogen) atoms. The van der Waals surface area contributed by atoms with E-state index in [0.29, 0.717) is 42.4 Å². The Bertz CT molecular complexity index is 721. The van der Waals surface area contributed by atoms with Crippen molar-refractivity contribution in [3.8, 4) is 0 Å². The SMILES string of the molecule is CCCCCN(C[C@@]1(O)CC[C@@]2(C)C(CC[C@@H]3[C@@H]2CC[C@]2(C)C(=O)CC[C@@H]32)C1)C(=O)CC. The van der Waals surface area contributed by atoms with Gasteiger partial charge in [0.05, 0.1) is 5.60 Å². The number of fused-ring (bicyclic) bond motifs is 5. The summed E-state index contributed by atoms with van der Waals surface area (Å²) in [5.74, 6) is 3.23. The van der Waals surface area contributed by atoms with E-state index in [1.165, 1.54) is 19.3 Å². The molecule has 7 atom stereocenters. The molecule has 1 N–H and O–H groups in total. The average Bonchev–Trinajstić information content (AvgIpc) is 3.08. The zero-order valence-corrected chi connectivity index (χ0v) is 21.1. The predicted molar refractivity (Wildman–Crippen MR) is 128 cm³/mol. The van der Waals surface area contributed by atoms with Crippen LogP contribution in [-0.4, -0.2) is 40.4 Å². The van der Waals surface area contributed by atoms with Crippen LogP contribution in [0.5, 0.6) is 0 Å². The molecule has 4 nitrogen and oxygen atoms in total. The van der Waals surface area contributed by atoms with E-state index in [2.05, 4.69) is 20.8 Å². The molecule has 0 radical (unpaired) electrons. The van der Waals surface area contributed by atoms with Crippen LogP contribution in [0.4, 0.5) is 0 Å². The molecule has 4 aliphatic rings. The second kappa shape index (κ2) is 9.04. The monoisotopic (exact) mass is 445 g/mol. The number of ketones is 1. The van der Waals surface area contributed by atoms with Gasteiger partial charge >= 0.3 is 0 Å². The first-order chi connectivity index (χ1) is 15.2. The van der Waals surface area contributed by atoms with E-state index in [4.69, 9.17) is 0 Å². The van der Waals surface area contributed by atoms with Crippen LogP contribution in [0.25, 0.3) is 0 Å². The highest BCUT2D eigenvalue weighted by molar-refractivity contribution is 5.87. The van der Waals surface area contributed by atoms with E-state index < -0.39 is 5.60 Å². The molecule has 1 unspecified atom stereocenters. The zero-order chi connectivity index (χ0) is 23.1. The fourth-order valence-corrected chi connectivity index (χ4v) is 8.66. The minimum absolute atomic E-state index is 0.0563. The number of unbranched alkanes of at least 4 members (excludes halogenated alkanes) is 2. The Morgan fingerprint density at radius 2 is 1.81 bits per heavy atom. The summed E-state index contributed by atoms with van der Waals surface area (Å²) in [4.78, 5) is 27.2. The van der Waals surface area contributed by atoms with Crippen molar-refractivity contribution in [1.82, 2.24) is 4.90 Å². The zero-order valence-electron chi connectivity index (χ0n) is 21.1. The summed E-state index contributed by atoms with van der Waals surface area (Å²) in [5, 5.41) is 11.7. The number of amides is 1. The van der Waals surface area contributed by atoms with Crippen LogP contribution in [0.1, 0.15) is 111 Å². The van der Waals surface area contributed by atoms with Crippen LogP contribution in [-0.2, 0) is 9.59 Å². The van der Waals surface area contributed by atoms with Crippen LogP contribution >= 0.6 is 0 Å². The van der Waals surface area contributed by atoms with Gasteiger partial charge in [-0.25, -0.2) is 0 Å². The van der Waals surface area contributed by atoms with Gasteiger partial charge in [0.25, 0.3) is 0 Å². The van der Waals surface area contributed by atoms with Gasteiger partial charge in [0.2, 0.25) is 5.91 Å². The van der Waals surface area contributed by atoms with Crippen LogP contribution < -0.4 is 0 Å². The molecule has 0 aromatic rings. The molecule has 4 rings (SSSR count). The third-order valence-corrected chi connectivity index (χ3v) is 10.7. The molecule has 0 heterocycles. The second-order valence-corrected chi connectivity index (χ2v) is 12.4. The number of carbonyl (C=O) groups is 2. The molecule has 0 saturated heterocycles. The van der Waals surface area contributed by atoms with E-state index in [1.807, 2.05) is 11.8 Å². The molecule has 0 bridgehead atoms. The van der Waals surface area contributed by atoms with Crippen molar-refractivity contribution in [3.63, 3.8) is 0 Å². The van der Waals surface area contributed by atoms with Gasteiger partial charge in [-0.15, -0.1) is 0 Å². The lowest BCUT2D eigenvalue weighted by atomic mass is 9.44. The van der Waals surface area contributed by atoms with Gasteiger partial charge in [-0.05, 0) is 86.9 Å². The Hall–Kier alpha value is -0.900. The molecule has 0 aromatic carbocycles. The molecular formula is C28H47NO3. The maximum Gasteiger partial charge on any atom is 0.222 e. The summed E-state index contributed by atoms with van der Waals surface area (Å²) in [6, 6.07) is 0. The number of hydrogen-bond acceptors (Lipinski definition) is 3. The van der Waals surface area contributed by atoms with Gasteiger partial charge in [-0.2, -0.15) is 0 Å². The first-order valence-electron chi connectivity index (χ1n) is 13.7. The largest absolute Gasteiger partial charge is 0.388 e. The minimum atomic E-state index is -0.736. The summed E-state index contributed by atoms with van der Waals surface area (Å²) < 4.78 is 0. The molecule has 0 spiro atoms. The molecule has 4 heteroatoms. The van der Waals surface area contributed by atoms with E-state index in [9.17, 15) is 14.7 Å². The Morgan fingerprint density at radius 1 is 1.03 bits per heavy atom. The Kier molecular flexibility index (Phi) is 6.85. The summed E-state index contributed by atoms with van der Waals surface area (Å²) >= 11 is 0. The maximum atomic E-state index is 12.7. The van der Waals surface area contributed by atoms with Crippen LogP contribution in [0.3, 0.4) is 0 Å². The fourth-order valence-electron chi connectivity index (χ4n) is 8.66. The smallest absolute Gasteiger partial charge is 0.222 e. The molecule has 4 saturated carbocycles. The van der Waals surface area contributed by atoms with Gasteiger partial charge in [0, 0.05) is 31.3 Å². The van der Waals surface area contributed by atoms with Crippen molar-refractivity contribution in [3.05, 3.63) is 0 Å². The number of aliphatic hydroxyl groups is 1. The first-order valence-corrected chi connectivity index (χ1v) is 13.7. The van der Waals surface area contributed by atoms with Crippen LogP contribution in [0, 0.1) is 34.5 Å². The van der Waals surface area contributed by atoms with E-state index in [-0.39, 0.29) is 16.7 Å². The van der Waals surface area contributed by atoms with Crippen molar-refractivity contribution >= 4 is 11.7 Å². The topological polar surface area (TPSA) is 57.6 Å². The standard InChI is InChI=1S/C28H47NO3/c1-5-7-8-17-29(25(31)6-2)19-28(32)16-15-26(3)20(18-28)9-10-21-22-11-12-24(30)27(22,4)14-13-23(21)26/h20-23,32H,5-19H2,1-4H3/t20?,21-,22-,23-,26-,27-,28+/m0/s1. The van der Waals surface area contributed by atoms with Gasteiger partial charge in [-0.1, -0.05) is 40.5 Å². The van der Waals surface area contributed by atoms with Crippen LogP contribution in [0.2, 0.25) is 0 Å². The second-order valence-electron chi connectivity index (χ2n) is 12.4. The predicted octanol–water partition coefficient (Wildman–Crippen LogP) is 5.76. The summed E-state index contributed by atoms with van der Waals surface area (Å²) in [7, 11) is 0. The lowest BCUT2D eigenvalue weighted by Crippen LogP contribution is -2.58. The Labute approximate surface area is 195 Å². The highest BCUT2D eigenvalue weighted by Gasteiger charge is 2.61. The number of nitrogens with zero attached hydrogens (tertiary/aromatic N) is 1. The summed E-state index contributed by atoms with van der Waals surface area (Å²) in [6.07, 6.45) is 13.1. The third kappa shape index (κ3) is 4.07. The molecule has 0 aliphatic heterocycles. The highest BCUT2D eigenvalue weighted by Crippen LogP contribution is 2.66. The molecular weight excluding hydrogens is 398 g/mol. The number of rotatable bonds is 7. The fraction of sp³-hybridized carbons (Fsp3) is 0.929. The number of Topliss-reactive ketones (excluding diaryl/α,β-unsaturated/α-hetero) is 1. The van der Waals surface area contributed by atoms with Crippen LogP contribution in [0.15, 0.2) is 0 Å².